The highest BCUT2D eigenvalue weighted by atomic mass is 16.6. The number of aromatic carboxylic acids is 1. The van der Waals surface area contributed by atoms with Crippen molar-refractivity contribution in [1.82, 2.24) is 9.78 Å². The predicted molar refractivity (Wildman–Crippen MR) is 71.3 cm³/mol. The van der Waals surface area contributed by atoms with Gasteiger partial charge in [-0.3, -0.25) is 14.8 Å². The topological polar surface area (TPSA) is 102 Å². The van der Waals surface area contributed by atoms with Gasteiger partial charge in [0.25, 0.3) is 0 Å². The lowest BCUT2D eigenvalue weighted by Crippen LogP contribution is -2.12. The Morgan fingerprint density at radius 2 is 2.00 bits per heavy atom. The summed E-state index contributed by atoms with van der Waals surface area (Å²) >= 11 is 0. The molecule has 0 unspecified atom stereocenters. The molecular formula is C12H12N4O4. The molecule has 8 heteroatoms. The minimum atomic E-state index is -1.02. The van der Waals surface area contributed by atoms with Gasteiger partial charge in [0.2, 0.25) is 5.82 Å². The third-order valence-electron chi connectivity index (χ3n) is 2.81. The third kappa shape index (κ3) is 2.44. The number of aryl methyl sites for hydroxylation is 1. The second-order valence-corrected chi connectivity index (χ2v) is 4.18. The Bertz CT molecular complexity index is 663. The number of nitrogens with zero attached hydrogens (tertiary/aromatic N) is 4. The second kappa shape index (κ2) is 5.00. The molecule has 0 atom stereocenters. The molecule has 0 aliphatic carbocycles. The van der Waals surface area contributed by atoms with Gasteiger partial charge in [0.1, 0.15) is 6.20 Å². The molecule has 2 rings (SSSR count). The number of carboxylic acids is 1. The lowest BCUT2D eigenvalue weighted by atomic mass is 10.2. The molecule has 0 saturated heterocycles. The molecule has 20 heavy (non-hydrogen) atoms. The van der Waals surface area contributed by atoms with Crippen LogP contribution in [0.2, 0.25) is 0 Å². The Morgan fingerprint density at radius 1 is 1.40 bits per heavy atom. The van der Waals surface area contributed by atoms with E-state index in [1.54, 1.807) is 26.2 Å². The largest absolute Gasteiger partial charge is 0.478 e. The molecule has 0 radical (unpaired) electrons. The van der Waals surface area contributed by atoms with Crippen molar-refractivity contribution in [2.75, 3.05) is 11.9 Å². The van der Waals surface area contributed by atoms with Crippen molar-refractivity contribution in [3.63, 3.8) is 0 Å². The average molecular weight is 276 g/mol. The van der Waals surface area contributed by atoms with Crippen LogP contribution in [0.15, 0.2) is 30.5 Å². The van der Waals surface area contributed by atoms with Crippen LogP contribution in [-0.2, 0) is 7.05 Å². The third-order valence-corrected chi connectivity index (χ3v) is 2.81. The van der Waals surface area contributed by atoms with Crippen molar-refractivity contribution in [2.45, 2.75) is 0 Å². The fraction of sp³-hybridized carbons (Fsp3) is 0.167. The second-order valence-electron chi connectivity index (χ2n) is 4.18. The summed E-state index contributed by atoms with van der Waals surface area (Å²) in [4.78, 5) is 22.8. The molecule has 104 valence electrons. The van der Waals surface area contributed by atoms with Crippen molar-refractivity contribution >= 4 is 23.2 Å². The van der Waals surface area contributed by atoms with E-state index in [1.165, 1.54) is 27.9 Å². The van der Waals surface area contributed by atoms with Gasteiger partial charge in [0, 0.05) is 19.8 Å². The van der Waals surface area contributed by atoms with Crippen LogP contribution >= 0.6 is 0 Å². The fourth-order valence-electron chi connectivity index (χ4n) is 1.78. The summed E-state index contributed by atoms with van der Waals surface area (Å²) in [5.41, 5.74) is 0.645. The Hall–Kier alpha value is -2.90. The van der Waals surface area contributed by atoms with Crippen molar-refractivity contribution < 1.29 is 14.8 Å². The molecule has 1 aromatic heterocycles. The first-order valence-corrected chi connectivity index (χ1v) is 5.65. The Morgan fingerprint density at radius 3 is 2.50 bits per heavy atom. The van der Waals surface area contributed by atoms with Gasteiger partial charge in [-0.25, -0.2) is 4.79 Å². The molecule has 0 saturated carbocycles. The van der Waals surface area contributed by atoms with Gasteiger partial charge in [-0.15, -0.1) is 5.10 Å². The molecular weight excluding hydrogens is 264 g/mol. The van der Waals surface area contributed by atoms with Crippen molar-refractivity contribution in [3.8, 4) is 0 Å². The number of rotatable bonds is 4. The van der Waals surface area contributed by atoms with Gasteiger partial charge in [-0.05, 0) is 24.3 Å². The zero-order valence-electron chi connectivity index (χ0n) is 10.8. The van der Waals surface area contributed by atoms with Gasteiger partial charge in [-0.2, -0.15) is 0 Å². The summed E-state index contributed by atoms with van der Waals surface area (Å²) in [5, 5.41) is 23.8. The fourth-order valence-corrected chi connectivity index (χ4v) is 1.78. The zero-order chi connectivity index (χ0) is 14.9. The summed E-state index contributed by atoms with van der Waals surface area (Å²) in [5.74, 6) is -0.830. The minimum Gasteiger partial charge on any atom is -0.478 e. The number of benzene rings is 1. The van der Waals surface area contributed by atoms with E-state index in [0.29, 0.717) is 5.69 Å². The molecule has 1 N–H and O–H groups in total. The number of nitro groups is 1. The van der Waals surface area contributed by atoms with Crippen LogP contribution in [0.4, 0.5) is 17.2 Å². The summed E-state index contributed by atoms with van der Waals surface area (Å²) < 4.78 is 1.36. The van der Waals surface area contributed by atoms with Crippen LogP contribution in [0.1, 0.15) is 10.4 Å². The van der Waals surface area contributed by atoms with E-state index >= 15 is 0 Å². The Balaban J connectivity index is 2.38. The van der Waals surface area contributed by atoms with E-state index in [4.69, 9.17) is 5.11 Å². The Labute approximate surface area is 114 Å². The van der Waals surface area contributed by atoms with Crippen molar-refractivity contribution in [2.24, 2.45) is 7.05 Å². The maximum absolute atomic E-state index is 11.0. The van der Waals surface area contributed by atoms with Crippen LogP contribution in [0, 0.1) is 10.1 Å². The van der Waals surface area contributed by atoms with Gasteiger partial charge in [-0.1, -0.05) is 0 Å². The summed E-state index contributed by atoms with van der Waals surface area (Å²) in [7, 11) is 3.23. The number of carbonyl (C=O) groups is 1. The van der Waals surface area contributed by atoms with Crippen LogP contribution < -0.4 is 4.90 Å². The van der Waals surface area contributed by atoms with Crippen molar-refractivity contribution in [3.05, 3.63) is 46.1 Å². The van der Waals surface area contributed by atoms with Crippen LogP contribution in [0.3, 0.4) is 0 Å². The van der Waals surface area contributed by atoms with Crippen LogP contribution in [0.25, 0.3) is 0 Å². The number of hydrogen-bond donors (Lipinski definition) is 1. The monoisotopic (exact) mass is 276 g/mol. The van der Waals surface area contributed by atoms with E-state index in [1.807, 2.05) is 0 Å². The quantitative estimate of drug-likeness (QED) is 0.674. The molecule has 0 aliphatic rings. The molecule has 0 aliphatic heterocycles. The highest BCUT2D eigenvalue weighted by Gasteiger charge is 2.22. The number of anilines is 2. The lowest BCUT2D eigenvalue weighted by molar-refractivity contribution is -0.384. The highest BCUT2D eigenvalue weighted by molar-refractivity contribution is 5.88. The molecule has 0 fully saturated rings. The molecule has 1 aromatic carbocycles. The highest BCUT2D eigenvalue weighted by Crippen LogP contribution is 2.30. The first kappa shape index (κ1) is 13.5. The van der Waals surface area contributed by atoms with E-state index in [0.717, 1.165) is 0 Å². The first-order chi connectivity index (χ1) is 9.40. The predicted octanol–water partition coefficient (Wildman–Crippen LogP) is 1.79. The minimum absolute atomic E-state index is 0.114. The molecule has 0 amide bonds. The number of hydrogen-bond acceptors (Lipinski definition) is 5. The van der Waals surface area contributed by atoms with Gasteiger partial charge >= 0.3 is 11.7 Å². The standard InChI is InChI=1S/C12H12N4O4/c1-14-7-10(16(19)20)11(13-14)15(2)9-5-3-8(4-6-9)12(17)18/h3-7H,1-2H3,(H,17,18). The Kier molecular flexibility index (Phi) is 3.38. The van der Waals surface area contributed by atoms with Crippen molar-refractivity contribution in [1.29, 1.82) is 0 Å². The lowest BCUT2D eigenvalue weighted by Gasteiger charge is -2.15. The normalized spacial score (nSPS) is 10.3. The average Bonchev–Trinajstić information content (AvgIpc) is 2.80. The van der Waals surface area contributed by atoms with E-state index < -0.39 is 10.9 Å². The molecule has 1 heterocycles. The number of carboxylic acid groups (broad SMARTS) is 1. The summed E-state index contributed by atoms with van der Waals surface area (Å²) in [6, 6.07) is 6.01. The zero-order valence-corrected chi connectivity index (χ0v) is 10.8. The molecule has 0 spiro atoms. The maximum atomic E-state index is 11.0. The van der Waals surface area contributed by atoms with E-state index in [2.05, 4.69) is 5.10 Å². The molecule has 2 aromatic rings. The summed E-state index contributed by atoms with van der Waals surface area (Å²) in [6.07, 6.45) is 1.32. The summed E-state index contributed by atoms with van der Waals surface area (Å²) in [6.45, 7) is 0. The molecule has 8 nitrogen and oxygen atoms in total. The smallest absolute Gasteiger partial charge is 0.335 e. The maximum Gasteiger partial charge on any atom is 0.335 e. The molecule has 0 bridgehead atoms. The van der Waals surface area contributed by atoms with Gasteiger partial charge in [0.05, 0.1) is 10.5 Å². The first-order valence-electron chi connectivity index (χ1n) is 5.65. The van der Waals surface area contributed by atoms with Gasteiger partial charge < -0.3 is 10.0 Å². The van der Waals surface area contributed by atoms with Crippen LogP contribution in [0.5, 0.6) is 0 Å². The van der Waals surface area contributed by atoms with E-state index in [9.17, 15) is 14.9 Å². The SMILES string of the molecule is CN(c1ccc(C(=O)O)cc1)c1nn(C)cc1[N+](=O)[O-]. The van der Waals surface area contributed by atoms with E-state index in [-0.39, 0.29) is 17.1 Å². The van der Waals surface area contributed by atoms with Gasteiger partial charge in [0.15, 0.2) is 0 Å². The van der Waals surface area contributed by atoms with Crippen LogP contribution in [-0.4, -0.2) is 32.8 Å². The number of aromatic nitrogens is 2.